The van der Waals surface area contributed by atoms with Gasteiger partial charge in [0, 0.05) is 66.1 Å². The van der Waals surface area contributed by atoms with Gasteiger partial charge >= 0.3 is 5.97 Å². The number of nitrogens with zero attached hydrogens (tertiary/aromatic N) is 3. The summed E-state index contributed by atoms with van der Waals surface area (Å²) in [6.07, 6.45) is 9.65. The maximum atomic E-state index is 12.9. The van der Waals surface area contributed by atoms with Gasteiger partial charge in [0.2, 0.25) is 5.69 Å². The molecule has 0 spiro atoms. The average molecular weight is 916 g/mol. The van der Waals surface area contributed by atoms with Gasteiger partial charge in [-0.05, 0) is 98.7 Å². The molecule has 2 aromatic rings. The maximum absolute atomic E-state index is 12.9. The topological polar surface area (TPSA) is 245 Å². The van der Waals surface area contributed by atoms with Crippen molar-refractivity contribution in [3.05, 3.63) is 94.4 Å². The van der Waals surface area contributed by atoms with Gasteiger partial charge in [0.1, 0.15) is 12.3 Å². The minimum absolute atomic E-state index is 0.0262. The van der Waals surface area contributed by atoms with Crippen molar-refractivity contribution in [1.29, 1.82) is 0 Å². The Morgan fingerprint density at radius 1 is 0.839 bits per heavy atom. The van der Waals surface area contributed by atoms with E-state index in [-0.39, 0.29) is 42.0 Å². The van der Waals surface area contributed by atoms with Crippen molar-refractivity contribution >= 4 is 65.2 Å². The molecule has 2 aromatic carbocycles. The predicted octanol–water partition coefficient (Wildman–Crippen LogP) is 5.13. The van der Waals surface area contributed by atoms with Crippen molar-refractivity contribution in [2.24, 2.45) is 0 Å². The monoisotopic (exact) mass is 915 g/mol. The Morgan fingerprint density at radius 2 is 1.47 bits per heavy atom. The van der Waals surface area contributed by atoms with Crippen LogP contribution < -0.4 is 4.90 Å². The molecule has 4 aliphatic rings. The Labute approximate surface area is 361 Å². The first-order chi connectivity index (χ1) is 28.8. The number of amides is 2. The maximum Gasteiger partial charge on any atom is 0.335 e. The summed E-state index contributed by atoms with van der Waals surface area (Å²) in [5.41, 5.74) is 3.88. The lowest BCUT2D eigenvalue weighted by Crippen LogP contribution is -2.34. The van der Waals surface area contributed by atoms with Gasteiger partial charge in [0.15, 0.2) is 5.71 Å². The van der Waals surface area contributed by atoms with E-state index in [2.05, 4.69) is 0 Å². The Kier molecular flexibility index (Phi) is 13.0. The zero-order valence-corrected chi connectivity index (χ0v) is 37.4. The summed E-state index contributed by atoms with van der Waals surface area (Å²) in [6, 6.07) is 8.49. The van der Waals surface area contributed by atoms with E-state index in [1.807, 2.05) is 61.5 Å². The number of imide groups is 1. The van der Waals surface area contributed by atoms with E-state index in [1.54, 1.807) is 13.2 Å². The van der Waals surface area contributed by atoms with Crippen LogP contribution in [0, 0.1) is 0 Å². The van der Waals surface area contributed by atoms with Crippen molar-refractivity contribution < 1.29 is 67.4 Å². The highest BCUT2D eigenvalue weighted by molar-refractivity contribution is 7.86. The van der Waals surface area contributed by atoms with Crippen LogP contribution in [0.4, 0.5) is 11.4 Å². The van der Waals surface area contributed by atoms with Crippen LogP contribution in [0.15, 0.2) is 93.1 Å². The number of carbonyl (C=O) groups excluding carboxylic acids is 3. The highest BCUT2D eigenvalue weighted by Gasteiger charge is 2.45. The number of hydroxylamine groups is 2. The van der Waals surface area contributed by atoms with Crippen LogP contribution in [-0.2, 0) is 65.1 Å². The first kappa shape index (κ1) is 46.5. The van der Waals surface area contributed by atoms with Crippen molar-refractivity contribution in [2.45, 2.75) is 99.7 Å². The van der Waals surface area contributed by atoms with Gasteiger partial charge < -0.3 is 19.0 Å². The molecule has 0 aromatic heterocycles. The van der Waals surface area contributed by atoms with Crippen LogP contribution in [0.5, 0.6) is 0 Å². The van der Waals surface area contributed by atoms with E-state index >= 15 is 0 Å². The van der Waals surface area contributed by atoms with E-state index in [1.165, 1.54) is 30.3 Å². The Balaban J connectivity index is 1.36. The number of carbonyl (C=O) groups is 3. The average Bonchev–Trinajstić information content (AvgIpc) is 3.69. The molecule has 2 amide bonds. The van der Waals surface area contributed by atoms with Gasteiger partial charge in [-0.15, -0.1) is 5.06 Å². The first-order valence-corrected chi connectivity index (χ1v) is 24.3. The molecule has 1 saturated heterocycles. The van der Waals surface area contributed by atoms with E-state index in [0.29, 0.717) is 64.8 Å². The van der Waals surface area contributed by atoms with Crippen LogP contribution in [-0.4, -0.2) is 98.0 Å². The lowest BCUT2D eigenvalue weighted by atomic mass is 9.81. The fourth-order valence-electron chi connectivity index (χ4n) is 8.51. The number of rotatable bonds is 15. The SMILES string of the molecule is COC1=C(/C=C/C2=[N+](CCCCS(=O)(=O)[O-])c3ccc(S(=O)(=O)O)cc3C2(C)C)CCC/C1=C\C=C1\N(CCC(=O)ON2C(=O)CCC2=O)c2ccc(S(=O)(=O)O)cc2C1(C)C. The molecule has 334 valence electrons. The van der Waals surface area contributed by atoms with E-state index in [0.717, 1.165) is 23.3 Å². The number of ether oxygens (including phenoxy) is 1. The molecule has 20 heteroatoms. The summed E-state index contributed by atoms with van der Waals surface area (Å²) >= 11 is 0. The molecular formula is C42H49N3O14S3. The van der Waals surface area contributed by atoms with Gasteiger partial charge in [0.05, 0.1) is 38.9 Å². The summed E-state index contributed by atoms with van der Waals surface area (Å²) in [6.45, 7) is 7.89. The Hall–Kier alpha value is -4.99. The normalized spacial score (nSPS) is 20.3. The largest absolute Gasteiger partial charge is 0.748 e. The van der Waals surface area contributed by atoms with Crippen LogP contribution in [0.3, 0.4) is 0 Å². The standard InChI is InChI=1S/C42H49N3O14S3/c1-41(2)31-25-29(61(52,53)54)13-15-33(31)43(22-6-7-24-60(49,50)51)35(41)17-11-27-9-8-10-28(40(27)58-5)12-18-36-42(3,4)32-26-30(62(55,56)57)14-16-34(32)44(36)23-21-39(48)59-45-37(46)19-20-38(45)47/h11-18,25-26H,6-10,19-24H2,1-5H3,(H2-,49,50,51,52,53,54,55,56,57). The second kappa shape index (κ2) is 17.3. The minimum Gasteiger partial charge on any atom is -0.748 e. The number of hydrogen-bond acceptors (Lipinski definition) is 13. The van der Waals surface area contributed by atoms with E-state index in [9.17, 15) is 53.3 Å². The first-order valence-electron chi connectivity index (χ1n) is 19.9. The molecule has 0 atom stereocenters. The zero-order chi connectivity index (χ0) is 45.6. The highest BCUT2D eigenvalue weighted by atomic mass is 32.2. The smallest absolute Gasteiger partial charge is 0.335 e. The molecule has 0 unspecified atom stereocenters. The fourth-order valence-corrected chi connectivity index (χ4v) is 10.1. The molecular weight excluding hydrogens is 867 g/mol. The molecule has 0 saturated carbocycles. The van der Waals surface area contributed by atoms with Gasteiger partial charge in [0.25, 0.3) is 32.1 Å². The molecule has 17 nitrogen and oxygen atoms in total. The number of benzene rings is 2. The fraction of sp³-hybridized carbons (Fsp3) is 0.429. The molecule has 1 aliphatic carbocycles. The number of hydrogen-bond donors (Lipinski definition) is 2. The second-order valence-corrected chi connectivity index (χ2v) is 20.9. The number of fused-ring (bicyclic) bond motifs is 2. The number of unbranched alkanes of at least 4 members (excludes halogenated alkanes) is 1. The lowest BCUT2D eigenvalue weighted by molar-refractivity contribution is -0.438. The number of anilines is 1. The molecule has 3 heterocycles. The lowest BCUT2D eigenvalue weighted by Gasteiger charge is -2.27. The Morgan fingerprint density at radius 3 is 2.08 bits per heavy atom. The van der Waals surface area contributed by atoms with Gasteiger partial charge in [-0.2, -0.15) is 21.4 Å². The van der Waals surface area contributed by atoms with Crippen LogP contribution in [0.1, 0.15) is 90.2 Å². The van der Waals surface area contributed by atoms with Crippen molar-refractivity contribution in [3.8, 4) is 0 Å². The third-order valence-electron chi connectivity index (χ3n) is 11.7. The predicted molar refractivity (Wildman–Crippen MR) is 224 cm³/mol. The van der Waals surface area contributed by atoms with Gasteiger partial charge in [-0.1, -0.05) is 19.9 Å². The number of allylic oxidation sites excluding steroid dienone is 7. The summed E-state index contributed by atoms with van der Waals surface area (Å²) in [5, 5.41) is 0.478. The van der Waals surface area contributed by atoms with Crippen molar-refractivity contribution in [1.82, 2.24) is 5.06 Å². The van der Waals surface area contributed by atoms with Crippen LogP contribution >= 0.6 is 0 Å². The molecule has 2 N–H and O–H groups in total. The molecule has 3 aliphatic heterocycles. The third-order valence-corrected chi connectivity index (χ3v) is 14.1. The highest BCUT2D eigenvalue weighted by Crippen LogP contribution is 2.49. The number of methoxy groups -OCH3 is 1. The quantitative estimate of drug-likeness (QED) is 0.102. The van der Waals surface area contributed by atoms with Crippen LogP contribution in [0.2, 0.25) is 0 Å². The van der Waals surface area contributed by atoms with E-state index < -0.39 is 64.7 Å². The minimum atomic E-state index is -4.56. The van der Waals surface area contributed by atoms with Crippen molar-refractivity contribution in [3.63, 3.8) is 0 Å². The summed E-state index contributed by atoms with van der Waals surface area (Å²) < 4.78 is 110. The molecule has 6 rings (SSSR count). The molecule has 62 heavy (non-hydrogen) atoms. The second-order valence-electron chi connectivity index (χ2n) is 16.5. The molecule has 1 fully saturated rings. The Bertz CT molecular complexity index is 2710. The van der Waals surface area contributed by atoms with Crippen LogP contribution in [0.25, 0.3) is 0 Å². The summed E-state index contributed by atoms with van der Waals surface area (Å²) in [4.78, 5) is 43.4. The molecule has 0 radical (unpaired) electrons. The molecule has 0 bridgehead atoms. The third kappa shape index (κ3) is 9.64. The van der Waals surface area contributed by atoms with Gasteiger partial charge in [-0.3, -0.25) is 18.7 Å². The summed E-state index contributed by atoms with van der Waals surface area (Å²) in [5.74, 6) is -1.98. The van der Waals surface area contributed by atoms with Crippen molar-refractivity contribution in [2.75, 3.05) is 30.9 Å². The zero-order valence-electron chi connectivity index (χ0n) is 34.9. The van der Waals surface area contributed by atoms with Gasteiger partial charge in [-0.25, -0.2) is 13.2 Å². The van der Waals surface area contributed by atoms with E-state index in [4.69, 9.17) is 9.57 Å². The summed E-state index contributed by atoms with van der Waals surface area (Å²) in [7, 11) is -11.9.